The first kappa shape index (κ1) is 21.7. The van der Waals surface area contributed by atoms with Crippen molar-refractivity contribution in [3.8, 4) is 5.75 Å². The van der Waals surface area contributed by atoms with E-state index in [1.165, 1.54) is 0 Å². The van der Waals surface area contributed by atoms with E-state index in [9.17, 15) is 5.11 Å². The summed E-state index contributed by atoms with van der Waals surface area (Å²) < 4.78 is 12.1. The zero-order valence-corrected chi connectivity index (χ0v) is 17.6. The zero-order valence-electron chi connectivity index (χ0n) is 16.6. The van der Waals surface area contributed by atoms with E-state index in [1.807, 2.05) is 43.3 Å². The van der Waals surface area contributed by atoms with Crippen LogP contribution in [0.15, 0.2) is 49.1 Å². The maximum atomic E-state index is 10.7. The molecule has 0 heterocycles. The highest BCUT2D eigenvalue weighted by Crippen LogP contribution is 2.37. The van der Waals surface area contributed by atoms with Crippen LogP contribution in [0.25, 0.3) is 0 Å². The van der Waals surface area contributed by atoms with E-state index in [-0.39, 0.29) is 5.04 Å². The molecule has 140 valence electrons. The molecule has 0 spiro atoms. The van der Waals surface area contributed by atoms with E-state index in [0.717, 1.165) is 5.56 Å². The topological polar surface area (TPSA) is 38.7 Å². The van der Waals surface area contributed by atoms with Crippen molar-refractivity contribution < 1.29 is 14.3 Å². The van der Waals surface area contributed by atoms with E-state index in [0.29, 0.717) is 25.2 Å². The van der Waals surface area contributed by atoms with Crippen LogP contribution in [-0.2, 0) is 11.0 Å². The molecule has 0 saturated heterocycles. The monoisotopic (exact) mass is 362 g/mol. The second-order valence-corrected chi connectivity index (χ2v) is 12.8. The minimum Gasteiger partial charge on any atom is -0.462 e. The minimum atomic E-state index is -1.79. The first-order valence-electron chi connectivity index (χ1n) is 8.89. The van der Waals surface area contributed by atoms with Crippen LogP contribution in [0, 0.1) is 0 Å². The second kappa shape index (κ2) is 8.83. The van der Waals surface area contributed by atoms with Gasteiger partial charge < -0.3 is 14.3 Å². The van der Waals surface area contributed by atoms with Crippen molar-refractivity contribution in [1.29, 1.82) is 0 Å². The molecule has 0 saturated carbocycles. The van der Waals surface area contributed by atoms with Crippen LogP contribution in [0.1, 0.15) is 46.1 Å². The number of hydrogen-bond acceptors (Lipinski definition) is 3. The fraction of sp³-hybridized carbons (Fsp3) is 0.524. The summed E-state index contributed by atoms with van der Waals surface area (Å²) in [6.45, 7) is 17.4. The smallest absolute Gasteiger partial charge is 0.215 e. The van der Waals surface area contributed by atoms with Crippen LogP contribution in [0.3, 0.4) is 0 Å². The molecule has 0 bridgehead atoms. The number of hydrogen-bond donors (Lipinski definition) is 1. The van der Waals surface area contributed by atoms with Gasteiger partial charge in [0.2, 0.25) is 5.79 Å². The normalized spacial score (nSPS) is 15.2. The van der Waals surface area contributed by atoms with Crippen molar-refractivity contribution in [2.24, 2.45) is 0 Å². The van der Waals surface area contributed by atoms with Crippen molar-refractivity contribution in [3.63, 3.8) is 0 Å². The fourth-order valence-corrected chi connectivity index (χ4v) is 3.05. The molecule has 0 radical (unpaired) electrons. The Bertz CT molecular complexity index is 587. The maximum Gasteiger partial charge on any atom is 0.215 e. The molecule has 0 aliphatic heterocycles. The van der Waals surface area contributed by atoms with Crippen LogP contribution >= 0.6 is 0 Å². The summed E-state index contributed by atoms with van der Waals surface area (Å²) in [6.07, 6.45) is 6.25. The van der Waals surface area contributed by atoms with E-state index >= 15 is 0 Å². The number of ether oxygens (including phenoxy) is 1. The summed E-state index contributed by atoms with van der Waals surface area (Å²) >= 11 is 0. The standard InChI is InChI=1S/C21H34O3Si/c1-8-10-15-21(22,14-9-2)24-19-13-11-12-18(16-19)17-23-25(6,7)20(3,4)5/h8-13,16,22H,2,14-15,17H2,1,3-7H3. The van der Waals surface area contributed by atoms with Crippen molar-refractivity contribution >= 4 is 8.32 Å². The molecule has 0 aromatic heterocycles. The lowest BCUT2D eigenvalue weighted by Gasteiger charge is -2.36. The molecule has 1 rings (SSSR count). The van der Waals surface area contributed by atoms with Gasteiger partial charge in [0.15, 0.2) is 8.32 Å². The van der Waals surface area contributed by atoms with Crippen LogP contribution in [-0.4, -0.2) is 19.2 Å². The number of rotatable bonds is 9. The molecule has 1 unspecified atom stereocenters. The SMILES string of the molecule is C=CCC(O)(CC=CC)Oc1cccc(CO[Si](C)(C)C(C)(C)C)c1. The zero-order chi connectivity index (χ0) is 19.1. The highest BCUT2D eigenvalue weighted by molar-refractivity contribution is 6.74. The molecule has 4 heteroatoms. The number of benzene rings is 1. The molecular weight excluding hydrogens is 328 g/mol. The fourth-order valence-electron chi connectivity index (χ4n) is 2.09. The van der Waals surface area contributed by atoms with Crippen molar-refractivity contribution in [2.75, 3.05) is 0 Å². The predicted octanol–water partition coefficient (Wildman–Crippen LogP) is 5.82. The summed E-state index contributed by atoms with van der Waals surface area (Å²) in [5, 5.41) is 10.9. The lowest BCUT2D eigenvalue weighted by molar-refractivity contribution is -0.131. The Labute approximate surface area is 154 Å². The summed E-state index contributed by atoms with van der Waals surface area (Å²) in [4.78, 5) is 0. The minimum absolute atomic E-state index is 0.178. The lowest BCUT2D eigenvalue weighted by atomic mass is 10.1. The van der Waals surface area contributed by atoms with Gasteiger partial charge >= 0.3 is 0 Å². The van der Waals surface area contributed by atoms with Gasteiger partial charge in [0.05, 0.1) is 6.61 Å². The highest BCUT2D eigenvalue weighted by Gasteiger charge is 2.37. The lowest BCUT2D eigenvalue weighted by Crippen LogP contribution is -2.40. The van der Waals surface area contributed by atoms with Crippen LogP contribution < -0.4 is 4.74 Å². The summed E-state index contributed by atoms with van der Waals surface area (Å²) in [7, 11) is -1.79. The van der Waals surface area contributed by atoms with Gasteiger partial charge in [0.25, 0.3) is 0 Å². The van der Waals surface area contributed by atoms with Crippen molar-refractivity contribution in [1.82, 2.24) is 0 Å². The van der Waals surface area contributed by atoms with Crippen LogP contribution in [0.2, 0.25) is 18.1 Å². The Kier molecular flexibility index (Phi) is 7.66. The van der Waals surface area contributed by atoms with Gasteiger partial charge in [0, 0.05) is 12.8 Å². The number of allylic oxidation sites excluding steroid dienone is 1. The molecule has 1 aromatic rings. The second-order valence-electron chi connectivity index (χ2n) is 8.01. The van der Waals surface area contributed by atoms with Gasteiger partial charge in [-0.3, -0.25) is 0 Å². The van der Waals surface area contributed by atoms with Gasteiger partial charge in [-0.1, -0.05) is 51.1 Å². The average molecular weight is 363 g/mol. The van der Waals surface area contributed by atoms with E-state index in [2.05, 4.69) is 40.4 Å². The van der Waals surface area contributed by atoms with E-state index in [4.69, 9.17) is 9.16 Å². The van der Waals surface area contributed by atoms with Crippen molar-refractivity contribution in [3.05, 3.63) is 54.6 Å². The van der Waals surface area contributed by atoms with Gasteiger partial charge in [-0.05, 0) is 42.8 Å². The first-order valence-corrected chi connectivity index (χ1v) is 11.8. The van der Waals surface area contributed by atoms with Crippen LogP contribution in [0.4, 0.5) is 0 Å². The van der Waals surface area contributed by atoms with Crippen LogP contribution in [0.5, 0.6) is 5.75 Å². The molecule has 0 aliphatic rings. The Morgan fingerprint density at radius 1 is 1.20 bits per heavy atom. The molecular formula is C21H34O3Si. The third-order valence-corrected chi connectivity index (χ3v) is 9.23. The predicted molar refractivity (Wildman–Crippen MR) is 108 cm³/mol. The Morgan fingerprint density at radius 3 is 2.44 bits per heavy atom. The summed E-state index contributed by atoms with van der Waals surface area (Å²) in [6, 6.07) is 7.76. The van der Waals surface area contributed by atoms with Gasteiger partial charge in [-0.25, -0.2) is 0 Å². The molecule has 0 amide bonds. The Hall–Kier alpha value is -1.36. The molecule has 25 heavy (non-hydrogen) atoms. The molecule has 1 N–H and O–H groups in total. The van der Waals surface area contributed by atoms with Gasteiger partial charge in [-0.2, -0.15) is 0 Å². The maximum absolute atomic E-state index is 10.7. The molecule has 0 fully saturated rings. The molecule has 0 aliphatic carbocycles. The molecule has 3 nitrogen and oxygen atoms in total. The van der Waals surface area contributed by atoms with E-state index in [1.54, 1.807) is 6.08 Å². The van der Waals surface area contributed by atoms with Gasteiger partial charge in [-0.15, -0.1) is 6.58 Å². The quantitative estimate of drug-likeness (QED) is 0.342. The summed E-state index contributed by atoms with van der Waals surface area (Å²) in [5.41, 5.74) is 1.05. The third-order valence-electron chi connectivity index (χ3n) is 4.75. The largest absolute Gasteiger partial charge is 0.462 e. The Morgan fingerprint density at radius 2 is 1.88 bits per heavy atom. The average Bonchev–Trinajstić information content (AvgIpc) is 2.50. The first-order chi connectivity index (χ1) is 11.5. The third kappa shape index (κ3) is 6.81. The number of aliphatic hydroxyl groups is 1. The van der Waals surface area contributed by atoms with E-state index < -0.39 is 14.1 Å². The van der Waals surface area contributed by atoms with Gasteiger partial charge in [0.1, 0.15) is 5.75 Å². The highest BCUT2D eigenvalue weighted by atomic mass is 28.4. The molecule has 1 atom stereocenters. The summed E-state index contributed by atoms with van der Waals surface area (Å²) in [5.74, 6) is -0.627. The molecule has 1 aromatic carbocycles. The van der Waals surface area contributed by atoms with Crippen molar-refractivity contribution in [2.45, 2.75) is 71.1 Å². The Balaban J connectivity index is 2.85.